The Kier molecular flexibility index (Phi) is 10.5. The highest BCUT2D eigenvalue weighted by atomic mass is 32.2. The van der Waals surface area contributed by atoms with Crippen LogP contribution in [0.5, 0.6) is 11.5 Å². The number of aromatic nitrogens is 4. The topological polar surface area (TPSA) is 158 Å². The zero-order chi connectivity index (χ0) is 36.6. The third-order valence-electron chi connectivity index (χ3n) is 9.76. The zero-order valence-corrected chi connectivity index (χ0v) is 31.6. The molecule has 2 fully saturated rings. The minimum absolute atomic E-state index is 0.0573. The maximum absolute atomic E-state index is 13.9. The van der Waals surface area contributed by atoms with Crippen LogP contribution in [-0.4, -0.2) is 92.9 Å². The minimum atomic E-state index is -3.87. The third kappa shape index (κ3) is 7.60. The number of ether oxygens (including phenoxy) is 2. The highest BCUT2D eigenvalue weighted by Gasteiger charge is 2.50. The molecule has 0 atom stereocenters. The maximum atomic E-state index is 13.9. The summed E-state index contributed by atoms with van der Waals surface area (Å²) in [5, 5.41) is 13.5. The lowest BCUT2D eigenvalue weighted by Crippen LogP contribution is -2.30. The zero-order valence-electron chi connectivity index (χ0n) is 30.0. The van der Waals surface area contributed by atoms with E-state index in [0.29, 0.717) is 0 Å². The fourth-order valence-corrected chi connectivity index (χ4v) is 8.25. The van der Waals surface area contributed by atoms with Crippen LogP contribution in [0.3, 0.4) is 0 Å². The van der Waals surface area contributed by atoms with Crippen LogP contribution in [-0.2, 0) is 58.3 Å². The van der Waals surface area contributed by atoms with Crippen molar-refractivity contribution in [3.8, 4) is 11.5 Å². The van der Waals surface area contributed by atoms with E-state index >= 15 is 0 Å². The molecule has 50 heavy (non-hydrogen) atoms. The molecular weight excluding hydrogens is 681 g/mol. The van der Waals surface area contributed by atoms with E-state index in [1.54, 1.807) is 42.8 Å². The number of hydrogen-bond acceptors (Lipinski definition) is 10. The number of nitrogens with zero attached hydrogens (tertiary/aromatic N) is 7. The Labute approximate surface area is 295 Å². The summed E-state index contributed by atoms with van der Waals surface area (Å²) in [7, 11) is 7.20. The molecule has 14 nitrogen and oxygen atoms in total. The lowest BCUT2D eigenvalue weighted by atomic mass is 10.1. The van der Waals surface area contributed by atoms with E-state index < -0.39 is 20.0 Å². The van der Waals surface area contributed by atoms with Gasteiger partial charge in [0.25, 0.3) is 20.0 Å². The van der Waals surface area contributed by atoms with Gasteiger partial charge < -0.3 is 9.47 Å². The van der Waals surface area contributed by atoms with E-state index in [1.807, 2.05) is 83.8 Å². The Balaban J connectivity index is 0.000000253. The molecule has 2 heterocycles. The maximum Gasteiger partial charge on any atom is 0.263 e. The first-order chi connectivity index (χ1) is 23.5. The van der Waals surface area contributed by atoms with Gasteiger partial charge in [0, 0.05) is 39.3 Å². The lowest BCUT2D eigenvalue weighted by Gasteiger charge is -2.23. The molecule has 0 radical (unpaired) electrons. The number of hydrogen-bond donors (Lipinski definition) is 1. The number of rotatable bonds is 13. The lowest BCUT2D eigenvalue weighted by molar-refractivity contribution is 0.262. The van der Waals surface area contributed by atoms with E-state index in [1.165, 1.54) is 4.31 Å². The van der Waals surface area contributed by atoms with E-state index in [0.717, 1.165) is 59.7 Å². The van der Waals surface area contributed by atoms with Crippen molar-refractivity contribution in [2.24, 2.45) is 19.2 Å². The summed E-state index contributed by atoms with van der Waals surface area (Å²) in [5.41, 5.74) is 3.34. The van der Waals surface area contributed by atoms with E-state index in [4.69, 9.17) is 14.6 Å². The molecule has 2 aromatic carbocycles. The van der Waals surface area contributed by atoms with Crippen LogP contribution in [0.25, 0.3) is 0 Å². The van der Waals surface area contributed by atoms with Crippen LogP contribution < -0.4 is 14.6 Å². The summed E-state index contributed by atoms with van der Waals surface area (Å²) >= 11 is 0. The van der Waals surface area contributed by atoms with Crippen LogP contribution in [0.1, 0.15) is 48.2 Å². The molecule has 2 aromatic heterocycles. The van der Waals surface area contributed by atoms with Gasteiger partial charge in [0.15, 0.2) is 10.1 Å². The van der Waals surface area contributed by atoms with Crippen molar-refractivity contribution in [2.75, 3.05) is 42.4 Å². The molecule has 0 aliphatic heterocycles. The van der Waals surface area contributed by atoms with Crippen molar-refractivity contribution in [1.82, 2.24) is 33.7 Å². The number of sulfonamides is 2. The summed E-state index contributed by atoms with van der Waals surface area (Å²) in [6, 6.07) is 18.2. The van der Waals surface area contributed by atoms with Crippen molar-refractivity contribution in [1.29, 1.82) is 0 Å². The Hall–Kier alpha value is -3.80. The molecule has 272 valence electrons. The van der Waals surface area contributed by atoms with Gasteiger partial charge >= 0.3 is 0 Å². The van der Waals surface area contributed by atoms with E-state index in [-0.39, 0.29) is 34.2 Å². The van der Waals surface area contributed by atoms with E-state index in [9.17, 15) is 16.8 Å². The molecule has 0 saturated heterocycles. The summed E-state index contributed by atoms with van der Waals surface area (Å²) in [6.45, 7) is 0.423. The first kappa shape index (κ1) is 37.5. The first-order valence-corrected chi connectivity index (χ1v) is 19.2. The summed E-state index contributed by atoms with van der Waals surface area (Å²) in [4.78, 5) is 4.24. The summed E-state index contributed by atoms with van der Waals surface area (Å²) in [5.74, 6) is 1.45. The molecular formula is C34H48N8O6S2. The highest BCUT2D eigenvalue weighted by Crippen LogP contribution is 2.50. The van der Waals surface area contributed by atoms with Crippen LogP contribution in [0.4, 0.5) is 0 Å². The average Bonchev–Trinajstić information content (AvgIpc) is 3.98. The monoisotopic (exact) mass is 728 g/mol. The standard InChI is InChI=1S/C25H32N4O4S.C9H16N4O2S/c1-27(2)25(14-15-25)23-16-24(26-28(23)3)34(30,31)29(17-19-6-10-21(32-4)11-7-19)18-20-8-12-22(33-5)13-9-20;1-12(2)9(4-5-9)7-6-8(11-13(7)3)16(10,14)15/h6-13,16H,14-15,17-18H2,1-5H3;6H,4-5H2,1-3H3,(H2,10,14,15). The van der Waals surface area contributed by atoms with Gasteiger partial charge in [-0.15, -0.1) is 0 Å². The van der Waals surface area contributed by atoms with Crippen molar-refractivity contribution >= 4 is 20.0 Å². The highest BCUT2D eigenvalue weighted by molar-refractivity contribution is 7.89. The van der Waals surface area contributed by atoms with Crippen molar-refractivity contribution in [2.45, 2.75) is 59.9 Å². The second kappa shape index (κ2) is 14.1. The number of nitrogens with two attached hydrogens (primary N) is 1. The van der Waals surface area contributed by atoms with Crippen LogP contribution in [0, 0.1) is 0 Å². The molecule has 2 N–H and O–H groups in total. The SMILES string of the molecule is CN(C)C1(c2cc(S(N)(=O)=O)nn2C)CC1.COc1ccc(CN(Cc2ccc(OC)cc2)S(=O)(=O)c2cc(C3(N(C)C)CC3)n(C)n2)cc1. The largest absolute Gasteiger partial charge is 0.497 e. The van der Waals surface area contributed by atoms with Gasteiger partial charge in [0.2, 0.25) is 0 Å². The van der Waals surface area contributed by atoms with Crippen molar-refractivity contribution in [3.05, 3.63) is 83.2 Å². The van der Waals surface area contributed by atoms with Gasteiger partial charge in [-0.2, -0.15) is 14.5 Å². The summed E-state index contributed by atoms with van der Waals surface area (Å²) < 4.78 is 65.4. The molecule has 0 unspecified atom stereocenters. The van der Waals surface area contributed by atoms with Gasteiger partial charge in [-0.25, -0.2) is 22.0 Å². The van der Waals surface area contributed by atoms with Gasteiger partial charge in [0.1, 0.15) is 11.5 Å². The molecule has 6 rings (SSSR count). The molecule has 2 saturated carbocycles. The quantitative estimate of drug-likeness (QED) is 0.217. The fourth-order valence-electron chi connectivity index (χ4n) is 6.35. The third-order valence-corrected chi connectivity index (χ3v) is 12.2. The minimum Gasteiger partial charge on any atom is -0.497 e. The number of benzene rings is 2. The normalized spacial score (nSPS) is 16.3. The van der Waals surface area contributed by atoms with Gasteiger partial charge in [0.05, 0.1) is 36.7 Å². The second-order valence-electron chi connectivity index (χ2n) is 13.3. The average molecular weight is 729 g/mol. The molecule has 0 spiro atoms. The molecule has 0 amide bonds. The first-order valence-electron chi connectivity index (χ1n) is 16.2. The van der Waals surface area contributed by atoms with Crippen molar-refractivity contribution in [3.63, 3.8) is 0 Å². The van der Waals surface area contributed by atoms with E-state index in [2.05, 4.69) is 20.0 Å². The molecule has 16 heteroatoms. The Morgan fingerprint density at radius 1 is 0.680 bits per heavy atom. The number of methoxy groups -OCH3 is 2. The van der Waals surface area contributed by atoms with Crippen LogP contribution in [0.15, 0.2) is 70.7 Å². The van der Waals surface area contributed by atoms with Gasteiger partial charge in [-0.05, 0) is 89.3 Å². The van der Waals surface area contributed by atoms with Crippen LogP contribution in [0.2, 0.25) is 0 Å². The van der Waals surface area contributed by atoms with Crippen LogP contribution >= 0.6 is 0 Å². The number of primary sulfonamides is 1. The van der Waals surface area contributed by atoms with Crippen molar-refractivity contribution < 1.29 is 26.3 Å². The predicted molar refractivity (Wildman–Crippen MR) is 189 cm³/mol. The molecule has 2 aliphatic rings. The predicted octanol–water partition coefficient (Wildman–Crippen LogP) is 3.00. The smallest absolute Gasteiger partial charge is 0.263 e. The molecule has 2 aliphatic carbocycles. The van der Waals surface area contributed by atoms with Gasteiger partial charge in [-0.1, -0.05) is 24.3 Å². The summed E-state index contributed by atoms with van der Waals surface area (Å²) in [6.07, 6.45) is 4.01. The number of aryl methyl sites for hydroxylation is 2. The molecule has 4 aromatic rings. The second-order valence-corrected chi connectivity index (χ2v) is 16.7. The molecule has 0 bridgehead atoms. The Morgan fingerprint density at radius 2 is 1.04 bits per heavy atom. The fraction of sp³-hybridized carbons (Fsp3) is 0.471. The van der Waals surface area contributed by atoms with Gasteiger partial charge in [-0.3, -0.25) is 19.2 Å². The Morgan fingerprint density at radius 3 is 1.34 bits per heavy atom. The Bertz CT molecular complexity index is 1960.